The molecule has 4 aromatic rings. The molecule has 0 heterocycles. The molecule has 2 atom stereocenters. The molecule has 4 aromatic carbocycles. The van der Waals surface area contributed by atoms with E-state index in [0.29, 0.717) is 24.3 Å². The first-order valence-electron chi connectivity index (χ1n) is 16.2. The number of hydrogen-bond donors (Lipinski definition) is 4. The smallest absolute Gasteiger partial charge is 0.416 e. The summed E-state index contributed by atoms with van der Waals surface area (Å²) in [5.41, 5.74) is -6.43. The van der Waals surface area contributed by atoms with Crippen molar-refractivity contribution in [1.29, 1.82) is 0 Å². The normalized spacial score (nSPS) is 13.5. The minimum atomic E-state index is -4.80. The minimum absolute atomic E-state index is 0.156. The van der Waals surface area contributed by atoms with E-state index in [1.807, 2.05) is 0 Å². The lowest BCUT2D eigenvalue weighted by molar-refractivity contribution is -0.385. The first-order chi connectivity index (χ1) is 26.6. The Kier molecular flexibility index (Phi) is 14.1. The molecule has 0 aliphatic rings. The molecule has 0 saturated heterocycles. The van der Waals surface area contributed by atoms with Crippen LogP contribution in [0.3, 0.4) is 0 Å². The highest BCUT2D eigenvalue weighted by atomic mass is 19.4. The van der Waals surface area contributed by atoms with Gasteiger partial charge in [-0.2, -0.15) is 26.3 Å². The fourth-order valence-corrected chi connectivity index (χ4v) is 4.61. The molecule has 14 nitrogen and oxygen atoms in total. The number of nitro groups is 2. The van der Waals surface area contributed by atoms with Gasteiger partial charge in [-0.15, -0.1) is 0 Å². The van der Waals surface area contributed by atoms with E-state index in [0.717, 1.165) is 13.8 Å². The standard InChI is InChI=1S/2C18H16F4N2O5/c2*1-10-5-13(3-4-15(10)24(27)28)23-16(25)17(2,26)9-29-14-7-11(18(20,21)22)6-12(19)8-14/h2*3-8,26H,9H2,1-2H3,(H,23,25). The van der Waals surface area contributed by atoms with E-state index in [2.05, 4.69) is 10.6 Å². The van der Waals surface area contributed by atoms with Crippen molar-refractivity contribution in [3.05, 3.63) is 127 Å². The highest BCUT2D eigenvalue weighted by Crippen LogP contribution is 2.34. The molecular weight excluding hydrogens is 800 g/mol. The van der Waals surface area contributed by atoms with Crippen LogP contribution in [0, 0.1) is 45.7 Å². The van der Waals surface area contributed by atoms with E-state index in [4.69, 9.17) is 9.47 Å². The van der Waals surface area contributed by atoms with Gasteiger partial charge in [0.2, 0.25) is 0 Å². The van der Waals surface area contributed by atoms with Crippen molar-refractivity contribution in [2.75, 3.05) is 23.8 Å². The van der Waals surface area contributed by atoms with Crippen LogP contribution in [0.4, 0.5) is 57.9 Å². The molecule has 0 aliphatic heterocycles. The Labute approximate surface area is 322 Å². The van der Waals surface area contributed by atoms with Crippen molar-refractivity contribution in [1.82, 2.24) is 0 Å². The van der Waals surface area contributed by atoms with Gasteiger partial charge in [-0.05, 0) is 76.2 Å². The number of halogens is 8. The van der Waals surface area contributed by atoms with Gasteiger partial charge in [-0.3, -0.25) is 29.8 Å². The number of carbonyl (C=O) groups excluding carboxylic acids is 2. The minimum Gasteiger partial charge on any atom is -0.490 e. The molecule has 4 N–H and O–H groups in total. The lowest BCUT2D eigenvalue weighted by Crippen LogP contribution is -2.45. The van der Waals surface area contributed by atoms with E-state index in [1.165, 1.54) is 50.2 Å². The van der Waals surface area contributed by atoms with E-state index in [9.17, 15) is 75.2 Å². The zero-order chi connectivity index (χ0) is 44.0. The molecule has 312 valence electrons. The van der Waals surface area contributed by atoms with E-state index < -0.39 is 92.7 Å². The number of anilines is 2. The highest BCUT2D eigenvalue weighted by molar-refractivity contribution is 5.97. The number of aliphatic hydroxyl groups is 2. The number of ether oxygens (including phenoxy) is 2. The second-order valence-corrected chi connectivity index (χ2v) is 12.9. The van der Waals surface area contributed by atoms with Gasteiger partial charge in [-0.25, -0.2) is 8.78 Å². The van der Waals surface area contributed by atoms with E-state index in [-0.39, 0.29) is 46.0 Å². The van der Waals surface area contributed by atoms with Gasteiger partial charge in [-0.1, -0.05) is 0 Å². The third-order valence-corrected chi connectivity index (χ3v) is 7.72. The van der Waals surface area contributed by atoms with Crippen molar-refractivity contribution in [2.45, 2.75) is 51.2 Å². The number of aryl methyl sites for hydroxylation is 2. The average molecular weight is 833 g/mol. The lowest BCUT2D eigenvalue weighted by Gasteiger charge is -2.23. The van der Waals surface area contributed by atoms with E-state index >= 15 is 0 Å². The molecule has 0 spiro atoms. The van der Waals surface area contributed by atoms with Gasteiger partial charge < -0.3 is 30.3 Å². The molecule has 0 fully saturated rings. The summed E-state index contributed by atoms with van der Waals surface area (Å²) in [4.78, 5) is 44.9. The predicted octanol–water partition coefficient (Wildman–Crippen LogP) is 7.66. The molecule has 58 heavy (non-hydrogen) atoms. The van der Waals surface area contributed by atoms with Crippen LogP contribution in [-0.2, 0) is 21.9 Å². The number of nitrogens with zero attached hydrogens (tertiary/aromatic N) is 2. The van der Waals surface area contributed by atoms with Crippen molar-refractivity contribution in [2.24, 2.45) is 0 Å². The zero-order valence-electron chi connectivity index (χ0n) is 30.4. The predicted molar refractivity (Wildman–Crippen MR) is 188 cm³/mol. The molecule has 0 bridgehead atoms. The van der Waals surface area contributed by atoms with Gasteiger partial charge in [0.1, 0.15) is 36.3 Å². The summed E-state index contributed by atoms with van der Waals surface area (Å²) in [7, 11) is 0. The number of alkyl halides is 6. The SMILES string of the molecule is Cc1cc(NC(=O)C(C)(O)COc2cc(F)cc(C(F)(F)F)c2)ccc1[N+](=O)[O-].Cc1cc(NC(=O)C(C)(O)COc2cc(F)cc(C(F)(F)F)c2)ccc1[N+](=O)[O-]. The number of nitro benzene ring substituents is 2. The van der Waals surface area contributed by atoms with Crippen LogP contribution in [0.5, 0.6) is 11.5 Å². The number of benzene rings is 4. The highest BCUT2D eigenvalue weighted by Gasteiger charge is 2.36. The van der Waals surface area contributed by atoms with Crippen LogP contribution >= 0.6 is 0 Å². The summed E-state index contributed by atoms with van der Waals surface area (Å²) in [6, 6.07) is 10.5. The van der Waals surface area contributed by atoms with Crippen molar-refractivity contribution in [3.8, 4) is 11.5 Å². The summed E-state index contributed by atoms with van der Waals surface area (Å²) in [6.07, 6.45) is -9.60. The summed E-state index contributed by atoms with van der Waals surface area (Å²) in [5.74, 6) is -5.37. The fraction of sp³-hybridized carbons (Fsp3) is 0.278. The Bertz CT molecular complexity index is 2040. The molecule has 2 amide bonds. The average Bonchev–Trinajstić information content (AvgIpc) is 3.09. The quantitative estimate of drug-likeness (QED) is 0.0624. The second kappa shape index (κ2) is 17.8. The zero-order valence-corrected chi connectivity index (χ0v) is 30.4. The Morgan fingerprint density at radius 2 is 0.948 bits per heavy atom. The van der Waals surface area contributed by atoms with Crippen LogP contribution in [0.15, 0.2) is 72.8 Å². The number of amides is 2. The molecule has 0 aliphatic carbocycles. The number of hydrogen-bond acceptors (Lipinski definition) is 10. The van der Waals surface area contributed by atoms with Crippen LogP contribution in [0.2, 0.25) is 0 Å². The summed E-state index contributed by atoms with van der Waals surface area (Å²) in [5, 5.41) is 46.8. The number of nitrogens with one attached hydrogen (secondary N) is 2. The molecular formula is C36H32F8N4O10. The first kappa shape index (κ1) is 46.0. The largest absolute Gasteiger partial charge is 0.490 e. The maximum Gasteiger partial charge on any atom is 0.416 e. The number of carbonyl (C=O) groups is 2. The maximum absolute atomic E-state index is 13.4. The van der Waals surface area contributed by atoms with Gasteiger partial charge >= 0.3 is 12.4 Å². The Morgan fingerprint density at radius 1 is 0.621 bits per heavy atom. The summed E-state index contributed by atoms with van der Waals surface area (Å²) in [6.45, 7) is 3.46. The van der Waals surface area contributed by atoms with Crippen molar-refractivity contribution < 1.29 is 74.2 Å². The monoisotopic (exact) mass is 832 g/mol. The Balaban J connectivity index is 0.000000310. The molecule has 0 radical (unpaired) electrons. The maximum atomic E-state index is 13.4. The molecule has 0 aromatic heterocycles. The Morgan fingerprint density at radius 3 is 1.22 bits per heavy atom. The third-order valence-electron chi connectivity index (χ3n) is 7.72. The fourth-order valence-electron chi connectivity index (χ4n) is 4.61. The third kappa shape index (κ3) is 12.8. The van der Waals surface area contributed by atoms with Gasteiger partial charge in [0.25, 0.3) is 23.2 Å². The van der Waals surface area contributed by atoms with Crippen molar-refractivity contribution in [3.63, 3.8) is 0 Å². The lowest BCUT2D eigenvalue weighted by atomic mass is 10.1. The van der Waals surface area contributed by atoms with Crippen LogP contribution in [0.25, 0.3) is 0 Å². The van der Waals surface area contributed by atoms with Crippen LogP contribution in [-0.4, -0.2) is 56.3 Å². The van der Waals surface area contributed by atoms with Gasteiger partial charge in [0.05, 0.1) is 21.0 Å². The van der Waals surface area contributed by atoms with Gasteiger partial charge in [0.15, 0.2) is 11.2 Å². The molecule has 4 rings (SSSR count). The molecule has 0 saturated carbocycles. The number of rotatable bonds is 12. The molecule has 22 heteroatoms. The topological polar surface area (TPSA) is 203 Å². The second-order valence-electron chi connectivity index (χ2n) is 12.9. The summed E-state index contributed by atoms with van der Waals surface area (Å²) >= 11 is 0. The van der Waals surface area contributed by atoms with Crippen LogP contribution in [0.1, 0.15) is 36.1 Å². The van der Waals surface area contributed by atoms with Crippen LogP contribution < -0.4 is 20.1 Å². The molecule has 2 unspecified atom stereocenters. The summed E-state index contributed by atoms with van der Waals surface area (Å²) < 4.78 is 113. The first-order valence-corrected chi connectivity index (χ1v) is 16.2. The van der Waals surface area contributed by atoms with Gasteiger partial charge in [0, 0.05) is 46.8 Å². The van der Waals surface area contributed by atoms with E-state index in [1.54, 1.807) is 0 Å². The Hall–Kier alpha value is -6.42. The van der Waals surface area contributed by atoms with Crippen molar-refractivity contribution >= 4 is 34.6 Å².